The van der Waals surface area contributed by atoms with Crippen LogP contribution in [0.4, 0.5) is 5.69 Å². The molecule has 7 heteroatoms. The van der Waals surface area contributed by atoms with E-state index < -0.39 is 5.91 Å². The number of primary amides is 1. The predicted octanol–water partition coefficient (Wildman–Crippen LogP) is 2.06. The Morgan fingerprint density at radius 1 is 1.30 bits per heavy atom. The second-order valence-corrected chi connectivity index (χ2v) is 4.97. The van der Waals surface area contributed by atoms with Gasteiger partial charge in [0.15, 0.2) is 5.58 Å². The molecule has 100 valence electrons. The summed E-state index contributed by atoms with van der Waals surface area (Å²) in [5.74, 6) is -0.541. The topological polar surface area (TPSA) is 108 Å². The van der Waals surface area contributed by atoms with Crippen LogP contribution in [0.15, 0.2) is 51.2 Å². The van der Waals surface area contributed by atoms with Crippen LogP contribution in [0.5, 0.6) is 0 Å². The van der Waals surface area contributed by atoms with Gasteiger partial charge in [-0.25, -0.2) is 9.97 Å². The number of rotatable bonds is 3. The Morgan fingerprint density at radius 3 is 2.95 bits per heavy atom. The molecule has 0 unspecified atom stereocenters. The molecule has 0 aliphatic carbocycles. The summed E-state index contributed by atoms with van der Waals surface area (Å²) in [5, 5.41) is 0.839. The standard InChI is InChI=1S/C13H10N4O2S/c14-7-3-4-9-10(6-7)19-13(17-9)20-12-8(11(15)18)2-1-5-16-12/h1-6H,14H2,(H2,15,18). The number of hydrogen-bond acceptors (Lipinski definition) is 6. The lowest BCUT2D eigenvalue weighted by Crippen LogP contribution is -2.12. The van der Waals surface area contributed by atoms with Crippen molar-refractivity contribution < 1.29 is 9.21 Å². The van der Waals surface area contributed by atoms with Gasteiger partial charge in [0.1, 0.15) is 10.5 Å². The molecule has 20 heavy (non-hydrogen) atoms. The highest BCUT2D eigenvalue weighted by Gasteiger charge is 2.14. The number of pyridine rings is 1. The maximum Gasteiger partial charge on any atom is 0.263 e. The zero-order valence-corrected chi connectivity index (χ0v) is 11.1. The summed E-state index contributed by atoms with van der Waals surface area (Å²) in [6.07, 6.45) is 1.58. The Hall–Kier alpha value is -2.54. The number of amides is 1. The normalized spacial score (nSPS) is 10.8. The molecule has 0 aliphatic heterocycles. The number of nitrogens with two attached hydrogens (primary N) is 2. The summed E-state index contributed by atoms with van der Waals surface area (Å²) in [7, 11) is 0. The molecule has 3 rings (SSSR count). The number of nitrogens with zero attached hydrogens (tertiary/aromatic N) is 2. The third-order valence-corrected chi connectivity index (χ3v) is 3.48. The van der Waals surface area contributed by atoms with Crippen LogP contribution < -0.4 is 11.5 Å². The fraction of sp³-hybridized carbons (Fsp3) is 0. The van der Waals surface area contributed by atoms with E-state index in [0.717, 1.165) is 11.8 Å². The van der Waals surface area contributed by atoms with Crippen LogP contribution >= 0.6 is 11.8 Å². The highest BCUT2D eigenvalue weighted by Crippen LogP contribution is 2.31. The van der Waals surface area contributed by atoms with E-state index in [0.29, 0.717) is 32.6 Å². The fourth-order valence-electron chi connectivity index (χ4n) is 1.71. The van der Waals surface area contributed by atoms with Gasteiger partial charge in [0.25, 0.3) is 11.1 Å². The molecule has 2 aromatic heterocycles. The molecular formula is C13H10N4O2S. The number of fused-ring (bicyclic) bond motifs is 1. The molecule has 0 aliphatic rings. The van der Waals surface area contributed by atoms with Crippen molar-refractivity contribution in [2.45, 2.75) is 10.2 Å². The van der Waals surface area contributed by atoms with E-state index in [2.05, 4.69) is 9.97 Å². The lowest BCUT2D eigenvalue weighted by molar-refractivity contribution is 0.0997. The van der Waals surface area contributed by atoms with Crippen LogP contribution in [0.25, 0.3) is 11.1 Å². The first-order valence-corrected chi connectivity index (χ1v) is 6.54. The molecule has 0 atom stereocenters. The molecule has 0 saturated heterocycles. The maximum absolute atomic E-state index is 11.3. The van der Waals surface area contributed by atoms with Crippen molar-refractivity contribution in [2.24, 2.45) is 5.73 Å². The molecule has 3 aromatic rings. The lowest BCUT2D eigenvalue weighted by atomic mass is 10.3. The highest BCUT2D eigenvalue weighted by molar-refractivity contribution is 7.99. The van der Waals surface area contributed by atoms with Crippen molar-refractivity contribution in [1.82, 2.24) is 9.97 Å². The van der Waals surface area contributed by atoms with Crippen LogP contribution in [0.2, 0.25) is 0 Å². The first-order chi connectivity index (χ1) is 9.63. The van der Waals surface area contributed by atoms with Gasteiger partial charge in [0.2, 0.25) is 0 Å². The average Bonchev–Trinajstić information content (AvgIpc) is 2.80. The molecule has 0 saturated carbocycles. The van der Waals surface area contributed by atoms with Gasteiger partial charge in [-0.05, 0) is 36.0 Å². The molecule has 0 spiro atoms. The summed E-state index contributed by atoms with van der Waals surface area (Å²) >= 11 is 1.14. The van der Waals surface area contributed by atoms with E-state index in [9.17, 15) is 4.79 Å². The first-order valence-electron chi connectivity index (χ1n) is 5.72. The molecule has 0 fully saturated rings. The SMILES string of the molecule is NC(=O)c1cccnc1Sc1nc2ccc(N)cc2o1. The summed E-state index contributed by atoms with van der Waals surface area (Å²) in [6.45, 7) is 0. The molecule has 4 N–H and O–H groups in total. The van der Waals surface area contributed by atoms with E-state index in [4.69, 9.17) is 15.9 Å². The molecule has 0 radical (unpaired) electrons. The van der Waals surface area contributed by atoms with E-state index in [-0.39, 0.29) is 0 Å². The van der Waals surface area contributed by atoms with Crippen LogP contribution in [-0.4, -0.2) is 15.9 Å². The zero-order valence-electron chi connectivity index (χ0n) is 10.2. The number of carbonyl (C=O) groups is 1. The zero-order chi connectivity index (χ0) is 14.1. The van der Waals surface area contributed by atoms with Gasteiger partial charge in [-0.15, -0.1) is 0 Å². The highest BCUT2D eigenvalue weighted by atomic mass is 32.2. The molecular weight excluding hydrogens is 276 g/mol. The maximum atomic E-state index is 11.3. The summed E-state index contributed by atoms with van der Waals surface area (Å²) in [6, 6.07) is 8.47. The van der Waals surface area contributed by atoms with Crippen LogP contribution in [-0.2, 0) is 0 Å². The monoisotopic (exact) mass is 286 g/mol. The molecule has 0 bridgehead atoms. The molecule has 1 aromatic carbocycles. The van der Waals surface area contributed by atoms with Crippen molar-refractivity contribution in [3.8, 4) is 0 Å². The minimum Gasteiger partial charge on any atom is -0.431 e. The second-order valence-electron chi connectivity index (χ2n) is 4.03. The van der Waals surface area contributed by atoms with E-state index >= 15 is 0 Å². The van der Waals surface area contributed by atoms with Gasteiger partial charge in [-0.3, -0.25) is 4.79 Å². The largest absolute Gasteiger partial charge is 0.431 e. The Bertz CT molecular complexity index is 800. The van der Waals surface area contributed by atoms with Crippen molar-refractivity contribution in [3.63, 3.8) is 0 Å². The number of benzene rings is 1. The van der Waals surface area contributed by atoms with E-state index in [1.807, 2.05) is 0 Å². The van der Waals surface area contributed by atoms with E-state index in [1.54, 1.807) is 36.5 Å². The smallest absolute Gasteiger partial charge is 0.263 e. The lowest BCUT2D eigenvalue weighted by Gasteiger charge is -2.01. The van der Waals surface area contributed by atoms with Crippen molar-refractivity contribution >= 4 is 34.5 Å². The van der Waals surface area contributed by atoms with Crippen molar-refractivity contribution in [2.75, 3.05) is 5.73 Å². The fourth-order valence-corrected chi connectivity index (χ4v) is 2.54. The van der Waals surface area contributed by atoms with Crippen molar-refractivity contribution in [3.05, 3.63) is 42.1 Å². The number of carbonyl (C=O) groups excluding carboxylic acids is 1. The van der Waals surface area contributed by atoms with Crippen LogP contribution in [0.3, 0.4) is 0 Å². The first kappa shape index (κ1) is 12.5. The minimum atomic E-state index is -0.541. The van der Waals surface area contributed by atoms with Gasteiger partial charge < -0.3 is 15.9 Å². The van der Waals surface area contributed by atoms with Crippen molar-refractivity contribution in [1.29, 1.82) is 0 Å². The minimum absolute atomic E-state index is 0.333. The van der Waals surface area contributed by atoms with Crippen LogP contribution in [0.1, 0.15) is 10.4 Å². The number of oxazole rings is 1. The van der Waals surface area contributed by atoms with Gasteiger partial charge in [0.05, 0.1) is 5.56 Å². The van der Waals surface area contributed by atoms with Gasteiger partial charge in [-0.2, -0.15) is 0 Å². The Labute approximate surface area is 118 Å². The quantitative estimate of drug-likeness (QED) is 0.713. The second kappa shape index (κ2) is 4.86. The Morgan fingerprint density at radius 2 is 2.15 bits per heavy atom. The number of aromatic nitrogens is 2. The number of anilines is 1. The van der Waals surface area contributed by atoms with Gasteiger partial charge in [-0.1, -0.05) is 0 Å². The van der Waals surface area contributed by atoms with Gasteiger partial charge in [0, 0.05) is 18.0 Å². The summed E-state index contributed by atoms with van der Waals surface area (Å²) in [5.41, 5.74) is 13.2. The molecule has 6 nitrogen and oxygen atoms in total. The van der Waals surface area contributed by atoms with Gasteiger partial charge >= 0.3 is 0 Å². The average molecular weight is 286 g/mol. The predicted molar refractivity (Wildman–Crippen MR) is 75.3 cm³/mol. The van der Waals surface area contributed by atoms with Crippen LogP contribution in [0, 0.1) is 0 Å². The summed E-state index contributed by atoms with van der Waals surface area (Å²) in [4.78, 5) is 19.7. The van der Waals surface area contributed by atoms with E-state index in [1.165, 1.54) is 0 Å². The third kappa shape index (κ3) is 2.30. The Balaban J connectivity index is 1.99. The Kier molecular flexibility index (Phi) is 3.03. The number of hydrogen-bond donors (Lipinski definition) is 2. The molecule has 1 amide bonds. The third-order valence-electron chi connectivity index (χ3n) is 2.61. The summed E-state index contributed by atoms with van der Waals surface area (Å²) < 4.78 is 5.57. The number of nitrogen functional groups attached to an aromatic ring is 1. The molecule has 2 heterocycles.